The first-order chi connectivity index (χ1) is 13.7. The number of aryl methyl sites for hydroxylation is 2. The number of hydrogen-bond donors (Lipinski definition) is 0. The monoisotopic (exact) mass is 602 g/mol. The Balaban J connectivity index is 0.00000109. The van der Waals surface area contributed by atoms with Gasteiger partial charge in [-0.05, 0) is 49.2 Å². The number of benzene rings is 2. The first kappa shape index (κ1) is 20.6. The molecule has 140 valence electrons. The summed E-state index contributed by atoms with van der Waals surface area (Å²) < 4.78 is 0. The minimum absolute atomic E-state index is 0.890. The third-order valence-corrected chi connectivity index (χ3v) is 4.60. The molecule has 4 rings (SSSR count). The number of rotatable bonds is 3. The molecule has 0 aliphatic rings. The molecule has 0 unspecified atom stereocenters. The van der Waals surface area contributed by atoms with E-state index in [1.165, 1.54) is 28.3 Å². The van der Waals surface area contributed by atoms with Crippen LogP contribution < -0.4 is 0 Å². The second-order valence-corrected chi connectivity index (χ2v) is 6.45. The van der Waals surface area contributed by atoms with Gasteiger partial charge in [0.15, 0.2) is 0 Å². The zero-order chi connectivity index (χ0) is 19.9. The number of nitrogens with zero attached hydrogens (tertiary/aromatic N) is 2. The molecular weight excluding hydrogens is 582 g/mol. The first-order valence-electron chi connectivity index (χ1n) is 8.93. The first-order valence-corrected chi connectivity index (χ1v) is 14.9. The zero-order valence-corrected chi connectivity index (χ0v) is 20.0. The van der Waals surface area contributed by atoms with Crippen molar-refractivity contribution in [3.05, 3.63) is 96.1 Å². The molecule has 0 bridgehead atoms. The van der Waals surface area contributed by atoms with E-state index in [0.717, 1.165) is 33.9 Å². The molecule has 2 aromatic heterocycles. The van der Waals surface area contributed by atoms with Crippen LogP contribution in [0.15, 0.2) is 84.9 Å². The Labute approximate surface area is 183 Å². The molecule has 4 heteroatoms. The quantitative estimate of drug-likeness (QED) is 0.254. The van der Waals surface area contributed by atoms with E-state index in [1.807, 2.05) is 36.4 Å². The Hall–Kier alpha value is -2.12. The molecule has 4 aromatic rings. The van der Waals surface area contributed by atoms with Gasteiger partial charge in [0.1, 0.15) is 0 Å². The van der Waals surface area contributed by atoms with Gasteiger partial charge >= 0.3 is 30.6 Å². The topological polar surface area (TPSA) is 25.8 Å². The second kappa shape index (κ2) is 9.89. The van der Waals surface area contributed by atoms with Gasteiger partial charge < -0.3 is 0 Å². The van der Waals surface area contributed by atoms with Crippen LogP contribution in [-0.2, 0) is 17.2 Å². The van der Waals surface area contributed by atoms with E-state index in [-0.39, 0.29) is 0 Å². The van der Waals surface area contributed by atoms with Crippen LogP contribution in [0.2, 0.25) is 0 Å². The predicted octanol–water partition coefficient (Wildman–Crippen LogP) is 6.94. The van der Waals surface area contributed by atoms with Gasteiger partial charge in [-0.25, -0.2) is 9.97 Å². The normalized spacial score (nSPS) is 10.1. The average molecular weight is 603 g/mol. The van der Waals surface area contributed by atoms with Crippen LogP contribution in [0.5, 0.6) is 0 Å². The van der Waals surface area contributed by atoms with Gasteiger partial charge in [0.05, 0.1) is 22.8 Å². The van der Waals surface area contributed by atoms with E-state index >= 15 is 0 Å². The molecule has 0 saturated heterocycles. The molecule has 0 amide bonds. The fraction of sp³-hybridized carbons (Fsp3) is 0.0833. The van der Waals surface area contributed by atoms with Gasteiger partial charge in [0.25, 0.3) is 0 Å². The minimum atomic E-state index is 0.890. The molecule has 0 fully saturated rings. The van der Waals surface area contributed by atoms with Gasteiger partial charge in [0, 0.05) is 11.1 Å². The van der Waals surface area contributed by atoms with Crippen molar-refractivity contribution in [1.29, 1.82) is 0 Å². The van der Waals surface area contributed by atoms with E-state index in [0.29, 0.717) is 0 Å². The average Bonchev–Trinajstić information content (AvgIpc) is 2.76. The summed E-state index contributed by atoms with van der Waals surface area (Å²) in [7, 11) is 0. The summed E-state index contributed by atoms with van der Waals surface area (Å²) in [6.07, 6.45) is 0. The zero-order valence-electron chi connectivity index (χ0n) is 15.7. The molecule has 28 heavy (non-hydrogen) atoms. The van der Waals surface area contributed by atoms with Crippen molar-refractivity contribution in [2.24, 2.45) is 0 Å². The van der Waals surface area contributed by atoms with Crippen molar-refractivity contribution >= 4 is 13.4 Å². The van der Waals surface area contributed by atoms with Crippen molar-refractivity contribution < 1.29 is 17.2 Å². The predicted molar refractivity (Wildman–Crippen MR) is 117 cm³/mol. The van der Waals surface area contributed by atoms with Gasteiger partial charge in [-0.3, -0.25) is 0 Å². The SMILES string of the molecule is Cc1ccccc1-c1cccc(-c2cccc(-c3ccccc3C)n2)n1.[Br][Re]. The molecule has 2 nitrogen and oxygen atoms in total. The summed E-state index contributed by atoms with van der Waals surface area (Å²) in [5, 5.41) is 0. The van der Waals surface area contributed by atoms with Gasteiger partial charge in [-0.1, -0.05) is 60.7 Å². The van der Waals surface area contributed by atoms with E-state index < -0.39 is 0 Å². The summed E-state index contributed by atoms with van der Waals surface area (Å²) in [4.78, 5) is 9.74. The third-order valence-electron chi connectivity index (χ3n) is 4.60. The van der Waals surface area contributed by atoms with Crippen LogP contribution in [0.3, 0.4) is 0 Å². The second-order valence-electron chi connectivity index (χ2n) is 6.45. The maximum absolute atomic E-state index is 4.87. The van der Waals surface area contributed by atoms with Gasteiger partial charge in [0.2, 0.25) is 0 Å². The summed E-state index contributed by atoms with van der Waals surface area (Å²) >= 11 is 4.53. The maximum atomic E-state index is 4.87. The molecule has 0 atom stereocenters. The van der Waals surface area contributed by atoms with Crippen molar-refractivity contribution in [2.75, 3.05) is 0 Å². The molecule has 2 heterocycles. The van der Waals surface area contributed by atoms with Crippen molar-refractivity contribution in [1.82, 2.24) is 9.97 Å². The van der Waals surface area contributed by atoms with E-state index in [1.54, 1.807) is 0 Å². The van der Waals surface area contributed by atoms with E-state index in [2.05, 4.69) is 75.8 Å². The Morgan fingerprint density at radius 3 is 1.25 bits per heavy atom. The summed E-state index contributed by atoms with van der Waals surface area (Å²) in [6.45, 7) is 4.22. The number of aromatic nitrogens is 2. The van der Waals surface area contributed by atoms with Crippen LogP contribution in [0, 0.1) is 13.8 Å². The molecule has 0 spiro atoms. The van der Waals surface area contributed by atoms with Crippen molar-refractivity contribution in [3.8, 4) is 33.9 Å². The molecule has 0 radical (unpaired) electrons. The molecule has 0 aliphatic heterocycles. The number of pyridine rings is 2. The summed E-state index contributed by atoms with van der Waals surface area (Å²) in [6, 6.07) is 28.9. The standard InChI is InChI=1S/C24H20N2.BrH.Re/c1-17-9-3-5-11-19(17)21-13-7-15-23(25-21)24-16-8-14-22(26-24)20-12-6-4-10-18(20)2;;/h3-16H,1-2H3;1H;/q;;+1/p-1. The van der Waals surface area contributed by atoms with Crippen LogP contribution in [0.25, 0.3) is 33.9 Å². The van der Waals surface area contributed by atoms with Crippen LogP contribution in [0.4, 0.5) is 0 Å². The molecule has 0 N–H and O–H groups in total. The van der Waals surface area contributed by atoms with Crippen molar-refractivity contribution in [2.45, 2.75) is 13.8 Å². The van der Waals surface area contributed by atoms with Crippen LogP contribution in [-0.4, -0.2) is 9.97 Å². The number of hydrogen-bond acceptors (Lipinski definition) is 2. The third kappa shape index (κ3) is 4.65. The fourth-order valence-corrected chi connectivity index (χ4v) is 3.18. The Kier molecular flexibility index (Phi) is 7.28. The summed E-state index contributed by atoms with van der Waals surface area (Å²) in [5.74, 6) is 0. The molecule has 2 aromatic carbocycles. The number of halogens is 1. The van der Waals surface area contributed by atoms with E-state index in [9.17, 15) is 0 Å². The van der Waals surface area contributed by atoms with Crippen LogP contribution in [0.1, 0.15) is 11.1 Å². The fourth-order valence-electron chi connectivity index (χ4n) is 3.18. The van der Waals surface area contributed by atoms with Crippen LogP contribution >= 0.6 is 13.4 Å². The Morgan fingerprint density at radius 1 is 0.500 bits per heavy atom. The molecular formula is C24H20BrN2Re. The molecule has 0 saturated carbocycles. The van der Waals surface area contributed by atoms with Gasteiger partial charge in [-0.15, -0.1) is 0 Å². The van der Waals surface area contributed by atoms with Crippen molar-refractivity contribution in [3.63, 3.8) is 0 Å². The molecule has 0 aliphatic carbocycles. The Bertz CT molecular complexity index is 992. The Morgan fingerprint density at radius 2 is 0.857 bits per heavy atom. The summed E-state index contributed by atoms with van der Waals surface area (Å²) in [5.41, 5.74) is 8.49. The van der Waals surface area contributed by atoms with Gasteiger partial charge in [-0.2, -0.15) is 0 Å². The van der Waals surface area contributed by atoms with E-state index in [4.69, 9.17) is 9.97 Å².